The normalized spacial score (nSPS) is 10.4. The summed E-state index contributed by atoms with van der Waals surface area (Å²) in [7, 11) is 0. The van der Waals surface area contributed by atoms with Crippen LogP contribution in [0.25, 0.3) is 5.69 Å². The van der Waals surface area contributed by atoms with Gasteiger partial charge in [-0.2, -0.15) is 5.10 Å². The van der Waals surface area contributed by atoms with E-state index in [2.05, 4.69) is 38.0 Å². The molecule has 20 heavy (non-hydrogen) atoms. The Balaban J connectivity index is 1.74. The van der Waals surface area contributed by atoms with Crippen molar-refractivity contribution in [2.24, 2.45) is 0 Å². The quantitative estimate of drug-likeness (QED) is 0.692. The Morgan fingerprint density at radius 3 is 2.70 bits per heavy atom. The van der Waals surface area contributed by atoms with E-state index in [9.17, 15) is 4.79 Å². The third kappa shape index (κ3) is 2.88. The van der Waals surface area contributed by atoms with Gasteiger partial charge in [-0.1, -0.05) is 0 Å². The molecular formula is C13H9IN4OS. The van der Waals surface area contributed by atoms with E-state index in [0.717, 1.165) is 14.3 Å². The first-order valence-electron chi connectivity index (χ1n) is 5.73. The van der Waals surface area contributed by atoms with E-state index in [4.69, 9.17) is 0 Å². The van der Waals surface area contributed by atoms with Crippen LogP contribution in [-0.2, 0) is 0 Å². The Hall–Kier alpha value is -1.74. The van der Waals surface area contributed by atoms with Crippen LogP contribution < -0.4 is 5.32 Å². The first-order valence-corrected chi connectivity index (χ1v) is 7.69. The first-order chi connectivity index (χ1) is 9.72. The number of carbonyl (C=O) groups excluding carboxylic acids is 1. The van der Waals surface area contributed by atoms with Gasteiger partial charge in [0.15, 0.2) is 0 Å². The highest BCUT2D eigenvalue weighted by Crippen LogP contribution is 2.18. The lowest BCUT2D eigenvalue weighted by molar-refractivity contribution is 0.102. The van der Waals surface area contributed by atoms with Gasteiger partial charge in [0.2, 0.25) is 0 Å². The number of thiophene rings is 1. The molecule has 0 aliphatic carbocycles. The van der Waals surface area contributed by atoms with Crippen molar-refractivity contribution in [3.05, 3.63) is 56.8 Å². The molecule has 1 N–H and O–H groups in total. The number of carbonyl (C=O) groups is 1. The number of benzene rings is 1. The molecule has 0 unspecified atom stereocenters. The fraction of sp³-hybridized carbons (Fsp3) is 0. The minimum Gasteiger partial charge on any atom is -0.322 e. The second-order valence-electron chi connectivity index (χ2n) is 3.98. The summed E-state index contributed by atoms with van der Waals surface area (Å²) in [5.74, 6) is -0.0994. The molecule has 0 fully saturated rings. The average Bonchev–Trinajstić information content (AvgIpc) is 3.10. The maximum absolute atomic E-state index is 12.0. The van der Waals surface area contributed by atoms with Gasteiger partial charge in [-0.3, -0.25) is 4.79 Å². The number of aromatic nitrogens is 3. The van der Waals surface area contributed by atoms with Gasteiger partial charge in [0.1, 0.15) is 12.7 Å². The minimum absolute atomic E-state index is 0.0994. The van der Waals surface area contributed by atoms with Crippen molar-refractivity contribution in [2.45, 2.75) is 0 Å². The van der Waals surface area contributed by atoms with Gasteiger partial charge in [-0.25, -0.2) is 9.67 Å². The molecule has 100 valence electrons. The van der Waals surface area contributed by atoms with Gasteiger partial charge < -0.3 is 5.32 Å². The van der Waals surface area contributed by atoms with Crippen LogP contribution in [0.2, 0.25) is 0 Å². The Kier molecular flexibility index (Phi) is 3.79. The fourth-order valence-corrected chi connectivity index (χ4v) is 3.00. The van der Waals surface area contributed by atoms with Crippen molar-refractivity contribution in [1.82, 2.24) is 14.8 Å². The van der Waals surface area contributed by atoms with Crippen LogP contribution in [0.5, 0.6) is 0 Å². The standard InChI is InChI=1S/C13H9IN4OS/c14-12-5-9(6-20-12)13(19)17-10-1-3-11(4-2-10)18-8-15-7-16-18/h1-8H,(H,17,19). The van der Waals surface area contributed by atoms with Crippen molar-refractivity contribution in [2.75, 3.05) is 5.32 Å². The van der Waals surface area contributed by atoms with E-state index in [0.29, 0.717) is 5.56 Å². The molecule has 0 bridgehead atoms. The zero-order chi connectivity index (χ0) is 13.9. The van der Waals surface area contributed by atoms with Gasteiger partial charge in [0.25, 0.3) is 5.91 Å². The van der Waals surface area contributed by atoms with Crippen molar-refractivity contribution >= 4 is 45.5 Å². The Bertz CT molecular complexity index is 721. The highest BCUT2D eigenvalue weighted by atomic mass is 127. The predicted molar refractivity (Wildman–Crippen MR) is 86.3 cm³/mol. The van der Waals surface area contributed by atoms with Crippen molar-refractivity contribution in [3.63, 3.8) is 0 Å². The van der Waals surface area contributed by atoms with Gasteiger partial charge in [0, 0.05) is 11.1 Å². The molecule has 0 saturated carbocycles. The summed E-state index contributed by atoms with van der Waals surface area (Å²) in [5.41, 5.74) is 2.32. The molecule has 0 aliphatic rings. The monoisotopic (exact) mass is 396 g/mol. The summed E-state index contributed by atoms with van der Waals surface area (Å²) in [4.78, 5) is 15.9. The fourth-order valence-electron chi connectivity index (χ4n) is 1.67. The molecule has 0 saturated heterocycles. The third-order valence-corrected chi connectivity index (χ3v) is 4.43. The number of hydrogen-bond acceptors (Lipinski definition) is 4. The van der Waals surface area contributed by atoms with Gasteiger partial charge in [0.05, 0.1) is 14.1 Å². The largest absolute Gasteiger partial charge is 0.322 e. The smallest absolute Gasteiger partial charge is 0.256 e. The molecule has 7 heteroatoms. The van der Waals surface area contributed by atoms with E-state index in [1.165, 1.54) is 6.33 Å². The average molecular weight is 396 g/mol. The number of anilines is 1. The summed E-state index contributed by atoms with van der Waals surface area (Å²) in [6, 6.07) is 9.30. The third-order valence-electron chi connectivity index (χ3n) is 2.64. The maximum Gasteiger partial charge on any atom is 0.256 e. The first kappa shape index (κ1) is 13.3. The molecule has 0 radical (unpaired) electrons. The molecule has 2 heterocycles. The van der Waals surface area contributed by atoms with Crippen molar-refractivity contribution in [1.29, 1.82) is 0 Å². The number of rotatable bonds is 3. The van der Waals surface area contributed by atoms with Gasteiger partial charge >= 0.3 is 0 Å². The zero-order valence-corrected chi connectivity index (χ0v) is 13.1. The van der Waals surface area contributed by atoms with E-state index < -0.39 is 0 Å². The summed E-state index contributed by atoms with van der Waals surface area (Å²) in [6.45, 7) is 0. The highest BCUT2D eigenvalue weighted by Gasteiger charge is 2.08. The van der Waals surface area contributed by atoms with Crippen LogP contribution in [0.1, 0.15) is 10.4 Å². The SMILES string of the molecule is O=C(Nc1ccc(-n2cncn2)cc1)c1csc(I)c1. The predicted octanol–water partition coefficient (Wildman–Crippen LogP) is 3.19. The molecular weight excluding hydrogens is 387 g/mol. The van der Waals surface area contributed by atoms with E-state index in [1.54, 1.807) is 22.3 Å². The summed E-state index contributed by atoms with van der Waals surface area (Å²) in [5, 5.41) is 8.76. The number of nitrogens with one attached hydrogen (secondary N) is 1. The second-order valence-corrected chi connectivity index (χ2v) is 6.79. The van der Waals surface area contributed by atoms with Crippen LogP contribution in [0.3, 0.4) is 0 Å². The molecule has 0 aliphatic heterocycles. The number of hydrogen-bond donors (Lipinski definition) is 1. The minimum atomic E-state index is -0.0994. The lowest BCUT2D eigenvalue weighted by Crippen LogP contribution is -2.10. The maximum atomic E-state index is 12.0. The number of nitrogens with zero attached hydrogens (tertiary/aromatic N) is 3. The van der Waals surface area contributed by atoms with Crippen molar-refractivity contribution in [3.8, 4) is 5.69 Å². The van der Waals surface area contributed by atoms with Gasteiger partial charge in [-0.15, -0.1) is 11.3 Å². The Morgan fingerprint density at radius 1 is 1.30 bits per heavy atom. The number of amides is 1. The Labute approximate surface area is 132 Å². The van der Waals surface area contributed by atoms with Crippen LogP contribution in [0, 0.1) is 2.88 Å². The van der Waals surface area contributed by atoms with Crippen LogP contribution >= 0.6 is 33.9 Å². The molecule has 5 nitrogen and oxygen atoms in total. The molecule has 3 aromatic rings. The van der Waals surface area contributed by atoms with E-state index >= 15 is 0 Å². The van der Waals surface area contributed by atoms with Gasteiger partial charge in [-0.05, 0) is 52.9 Å². The summed E-state index contributed by atoms with van der Waals surface area (Å²) in [6.07, 6.45) is 3.11. The molecule has 2 aromatic heterocycles. The second kappa shape index (κ2) is 5.71. The summed E-state index contributed by atoms with van der Waals surface area (Å²) < 4.78 is 2.75. The Morgan fingerprint density at radius 2 is 2.10 bits per heavy atom. The zero-order valence-electron chi connectivity index (χ0n) is 10.2. The topological polar surface area (TPSA) is 59.8 Å². The molecule has 0 spiro atoms. The van der Waals surface area contributed by atoms with Crippen molar-refractivity contribution < 1.29 is 4.79 Å². The van der Waals surface area contributed by atoms with Crippen LogP contribution in [0.4, 0.5) is 5.69 Å². The highest BCUT2D eigenvalue weighted by molar-refractivity contribution is 14.1. The summed E-state index contributed by atoms with van der Waals surface area (Å²) >= 11 is 3.75. The van der Waals surface area contributed by atoms with Crippen LogP contribution in [0.15, 0.2) is 48.4 Å². The lowest BCUT2D eigenvalue weighted by atomic mass is 10.2. The molecule has 0 atom stereocenters. The molecule has 3 rings (SSSR count). The molecule has 1 amide bonds. The number of halogens is 1. The lowest BCUT2D eigenvalue weighted by Gasteiger charge is -2.05. The molecule has 1 aromatic carbocycles. The van der Waals surface area contributed by atoms with Crippen LogP contribution in [-0.4, -0.2) is 20.7 Å². The van der Waals surface area contributed by atoms with E-state index in [-0.39, 0.29) is 5.91 Å². The van der Waals surface area contributed by atoms with E-state index in [1.807, 2.05) is 35.7 Å².